The summed E-state index contributed by atoms with van der Waals surface area (Å²) in [7, 11) is 1.57. The largest absolute Gasteiger partial charge is 0.508 e. The Balaban J connectivity index is 2.26. The van der Waals surface area contributed by atoms with E-state index < -0.39 is 4.92 Å². The molecule has 0 bridgehead atoms. The van der Waals surface area contributed by atoms with Gasteiger partial charge in [-0.25, -0.2) is 0 Å². The Labute approximate surface area is 168 Å². The average Bonchev–Trinajstić information content (AvgIpc) is 3.02. The molecule has 8 heteroatoms. The highest BCUT2D eigenvalue weighted by atomic mass is 16.6. The van der Waals surface area contributed by atoms with Crippen LogP contribution in [0.3, 0.4) is 0 Å². The van der Waals surface area contributed by atoms with Gasteiger partial charge in [-0.1, -0.05) is 6.92 Å². The number of nitrogens with one attached hydrogen (secondary N) is 1. The lowest BCUT2D eigenvalue weighted by Crippen LogP contribution is -2.31. The van der Waals surface area contributed by atoms with Crippen LogP contribution in [-0.4, -0.2) is 39.5 Å². The van der Waals surface area contributed by atoms with Gasteiger partial charge in [-0.3, -0.25) is 10.1 Å². The third kappa shape index (κ3) is 3.76. The van der Waals surface area contributed by atoms with Gasteiger partial charge >= 0.3 is 0 Å². The number of hydrogen-bond donors (Lipinski definition) is 3. The quantitative estimate of drug-likeness (QED) is 0.395. The Hall–Kier alpha value is -3.10. The zero-order chi connectivity index (χ0) is 21.1. The van der Waals surface area contributed by atoms with Crippen LogP contribution in [0, 0.1) is 17.0 Å². The molecule has 0 aliphatic rings. The first-order valence-electron chi connectivity index (χ1n) is 9.41. The molecular weight excluding hydrogens is 374 g/mol. The Morgan fingerprint density at radius 1 is 1.24 bits per heavy atom. The number of nitro groups is 1. The van der Waals surface area contributed by atoms with Gasteiger partial charge < -0.3 is 24.8 Å². The standard InChI is InChI=1S/C21H25N3O5/c1-4-14(12-25)22-11-18-19(26)10-9-17-20(24(27)28)13(2)23(21(17)18)15-5-7-16(29-3)8-6-15/h5-10,14,22,25-26H,4,11-12H2,1-3H3/t14-/m1/s1. The summed E-state index contributed by atoms with van der Waals surface area (Å²) >= 11 is 0. The smallest absolute Gasteiger partial charge is 0.298 e. The van der Waals surface area contributed by atoms with Crippen molar-refractivity contribution in [2.75, 3.05) is 13.7 Å². The number of aliphatic hydroxyl groups is 1. The summed E-state index contributed by atoms with van der Waals surface area (Å²) < 4.78 is 6.99. The van der Waals surface area contributed by atoms with Crippen LogP contribution >= 0.6 is 0 Å². The van der Waals surface area contributed by atoms with Gasteiger partial charge in [-0.05, 0) is 49.7 Å². The van der Waals surface area contributed by atoms with Crippen LogP contribution in [0.4, 0.5) is 5.69 Å². The number of aliphatic hydroxyl groups excluding tert-OH is 1. The van der Waals surface area contributed by atoms with Gasteiger partial charge in [0.2, 0.25) is 0 Å². The summed E-state index contributed by atoms with van der Waals surface area (Å²) in [6.07, 6.45) is 0.714. The maximum atomic E-state index is 11.8. The lowest BCUT2D eigenvalue weighted by molar-refractivity contribution is -0.383. The summed E-state index contributed by atoms with van der Waals surface area (Å²) in [6.45, 7) is 3.87. The van der Waals surface area contributed by atoms with Crippen molar-refractivity contribution >= 4 is 16.6 Å². The molecule has 0 spiro atoms. The second kappa shape index (κ2) is 8.50. The minimum absolute atomic E-state index is 0.00580. The molecular formula is C21H25N3O5. The molecule has 8 nitrogen and oxygen atoms in total. The lowest BCUT2D eigenvalue weighted by atomic mass is 10.1. The van der Waals surface area contributed by atoms with Crippen LogP contribution < -0.4 is 10.1 Å². The number of rotatable bonds is 8. The number of nitrogens with zero attached hydrogens (tertiary/aromatic N) is 2. The van der Waals surface area contributed by atoms with Crippen LogP contribution in [0.2, 0.25) is 0 Å². The van der Waals surface area contributed by atoms with Crippen molar-refractivity contribution in [3.63, 3.8) is 0 Å². The fraction of sp³-hybridized carbons (Fsp3) is 0.333. The van der Waals surface area contributed by atoms with Crippen LogP contribution in [0.5, 0.6) is 11.5 Å². The van der Waals surface area contributed by atoms with E-state index in [1.54, 1.807) is 36.8 Å². The number of phenols is 1. The molecule has 2 aromatic carbocycles. The number of phenolic OH excluding ortho intramolecular Hbond substituents is 1. The highest BCUT2D eigenvalue weighted by Gasteiger charge is 2.27. The number of aromatic hydroxyl groups is 1. The normalized spacial score (nSPS) is 12.3. The first-order valence-corrected chi connectivity index (χ1v) is 9.41. The van der Waals surface area contributed by atoms with Crippen LogP contribution in [0.25, 0.3) is 16.6 Å². The van der Waals surface area contributed by atoms with E-state index in [1.807, 2.05) is 19.1 Å². The first kappa shape index (κ1) is 20.6. The highest BCUT2D eigenvalue weighted by molar-refractivity contribution is 5.96. The van der Waals surface area contributed by atoms with Crippen molar-refractivity contribution in [1.82, 2.24) is 9.88 Å². The number of fused-ring (bicyclic) bond motifs is 1. The van der Waals surface area contributed by atoms with Crippen LogP contribution in [0.1, 0.15) is 24.6 Å². The van der Waals surface area contributed by atoms with E-state index >= 15 is 0 Å². The average molecular weight is 399 g/mol. The number of ether oxygens (including phenoxy) is 1. The van der Waals surface area contributed by atoms with Crippen molar-refractivity contribution in [3.05, 3.63) is 57.8 Å². The molecule has 0 saturated carbocycles. The van der Waals surface area contributed by atoms with Crippen molar-refractivity contribution in [1.29, 1.82) is 0 Å². The van der Waals surface area contributed by atoms with E-state index in [1.165, 1.54) is 6.07 Å². The zero-order valence-corrected chi connectivity index (χ0v) is 16.7. The van der Waals surface area contributed by atoms with Gasteiger partial charge in [0.15, 0.2) is 0 Å². The van der Waals surface area contributed by atoms with Crippen LogP contribution in [-0.2, 0) is 6.54 Å². The molecule has 0 amide bonds. The molecule has 1 heterocycles. The SMILES string of the molecule is CC[C@H](CO)NCc1c(O)ccc2c([N+](=O)[O-])c(C)n(-c3ccc(OC)cc3)c12. The molecule has 0 radical (unpaired) electrons. The van der Waals surface area contributed by atoms with Crippen molar-refractivity contribution in [2.45, 2.75) is 32.9 Å². The van der Waals surface area contributed by atoms with Crippen molar-refractivity contribution in [2.24, 2.45) is 0 Å². The highest BCUT2D eigenvalue weighted by Crippen LogP contribution is 2.39. The molecule has 3 rings (SSSR count). The van der Waals surface area contributed by atoms with E-state index in [9.17, 15) is 20.3 Å². The lowest BCUT2D eigenvalue weighted by Gasteiger charge is -2.17. The molecule has 154 valence electrons. The van der Waals surface area contributed by atoms with Gasteiger partial charge in [0.05, 0.1) is 35.2 Å². The molecule has 0 unspecified atom stereocenters. The second-order valence-corrected chi connectivity index (χ2v) is 6.85. The Kier molecular flexibility index (Phi) is 6.05. The fourth-order valence-electron chi connectivity index (χ4n) is 3.58. The maximum absolute atomic E-state index is 11.8. The molecule has 0 saturated heterocycles. The number of hydrogen-bond acceptors (Lipinski definition) is 6. The molecule has 3 N–H and O–H groups in total. The molecule has 0 aliphatic heterocycles. The van der Waals surface area contributed by atoms with E-state index in [0.717, 1.165) is 5.69 Å². The molecule has 3 aromatic rings. The summed E-state index contributed by atoms with van der Waals surface area (Å²) in [4.78, 5) is 11.4. The summed E-state index contributed by atoms with van der Waals surface area (Å²) in [5.41, 5.74) is 2.31. The number of benzene rings is 2. The minimum Gasteiger partial charge on any atom is -0.508 e. The molecule has 1 aromatic heterocycles. The third-order valence-corrected chi connectivity index (χ3v) is 5.21. The Morgan fingerprint density at radius 2 is 1.93 bits per heavy atom. The number of methoxy groups -OCH3 is 1. The monoisotopic (exact) mass is 399 g/mol. The Morgan fingerprint density at radius 3 is 2.48 bits per heavy atom. The number of aromatic nitrogens is 1. The predicted octanol–water partition coefficient (Wildman–Crippen LogP) is 3.42. The second-order valence-electron chi connectivity index (χ2n) is 6.85. The minimum atomic E-state index is -0.394. The Bertz CT molecular complexity index is 1020. The zero-order valence-electron chi connectivity index (χ0n) is 16.7. The van der Waals surface area contributed by atoms with Crippen LogP contribution in [0.15, 0.2) is 36.4 Å². The summed E-state index contributed by atoms with van der Waals surface area (Å²) in [5, 5.41) is 35.5. The first-order chi connectivity index (χ1) is 13.9. The predicted molar refractivity (Wildman–Crippen MR) is 111 cm³/mol. The molecule has 0 aliphatic carbocycles. The maximum Gasteiger partial charge on any atom is 0.298 e. The third-order valence-electron chi connectivity index (χ3n) is 5.21. The summed E-state index contributed by atoms with van der Waals surface area (Å²) in [6, 6.07) is 10.1. The topological polar surface area (TPSA) is 110 Å². The molecule has 29 heavy (non-hydrogen) atoms. The van der Waals surface area contributed by atoms with Gasteiger partial charge in [0.25, 0.3) is 5.69 Å². The summed E-state index contributed by atoms with van der Waals surface area (Å²) in [5.74, 6) is 0.718. The van der Waals surface area contributed by atoms with E-state index in [0.29, 0.717) is 34.3 Å². The van der Waals surface area contributed by atoms with Gasteiger partial charge in [0, 0.05) is 23.8 Å². The van der Waals surface area contributed by atoms with Gasteiger partial charge in [0.1, 0.15) is 11.5 Å². The van der Waals surface area contributed by atoms with Gasteiger partial charge in [-0.2, -0.15) is 0 Å². The van der Waals surface area contributed by atoms with Crippen molar-refractivity contribution in [3.8, 4) is 17.2 Å². The fourth-order valence-corrected chi connectivity index (χ4v) is 3.58. The van der Waals surface area contributed by atoms with Gasteiger partial charge in [-0.15, -0.1) is 0 Å². The van der Waals surface area contributed by atoms with E-state index in [-0.39, 0.29) is 30.6 Å². The molecule has 1 atom stereocenters. The molecule has 0 fully saturated rings. The van der Waals surface area contributed by atoms with E-state index in [2.05, 4.69) is 5.32 Å². The van der Waals surface area contributed by atoms with E-state index in [4.69, 9.17) is 4.74 Å². The van der Waals surface area contributed by atoms with Crippen molar-refractivity contribution < 1.29 is 19.9 Å².